The summed E-state index contributed by atoms with van der Waals surface area (Å²) in [5.74, 6) is -1.44. The second-order valence-corrected chi connectivity index (χ2v) is 6.58. The Hall–Kier alpha value is -2.50. The van der Waals surface area contributed by atoms with Gasteiger partial charge in [-0.25, -0.2) is 4.39 Å². The molecule has 3 amide bonds. The van der Waals surface area contributed by atoms with E-state index in [2.05, 4.69) is 0 Å². The Morgan fingerprint density at radius 1 is 1.04 bits per heavy atom. The second-order valence-electron chi connectivity index (χ2n) is 6.58. The van der Waals surface area contributed by atoms with Crippen LogP contribution in [-0.4, -0.2) is 46.7 Å². The van der Waals surface area contributed by atoms with Crippen molar-refractivity contribution >= 4 is 17.7 Å². The fraction of sp³-hybridized carbons (Fsp3) is 0.389. The van der Waals surface area contributed by atoms with Gasteiger partial charge in [0.1, 0.15) is 5.82 Å². The van der Waals surface area contributed by atoms with Crippen LogP contribution < -0.4 is 0 Å². The van der Waals surface area contributed by atoms with E-state index in [4.69, 9.17) is 0 Å². The van der Waals surface area contributed by atoms with Crippen LogP contribution in [0.2, 0.25) is 0 Å². The van der Waals surface area contributed by atoms with Gasteiger partial charge < -0.3 is 4.90 Å². The molecule has 0 bridgehead atoms. The Bertz CT molecular complexity index is 728. The summed E-state index contributed by atoms with van der Waals surface area (Å²) in [6, 6.07) is 5.28. The fourth-order valence-electron chi connectivity index (χ4n) is 3.77. The van der Waals surface area contributed by atoms with Crippen molar-refractivity contribution in [3.05, 3.63) is 47.8 Å². The molecule has 0 aromatic heterocycles. The zero-order chi connectivity index (χ0) is 16.8. The number of hydrogen-bond donors (Lipinski definition) is 0. The highest BCUT2D eigenvalue weighted by atomic mass is 19.1. The maximum Gasteiger partial charge on any atom is 0.254 e. The van der Waals surface area contributed by atoms with Gasteiger partial charge in [-0.05, 0) is 31.0 Å². The minimum absolute atomic E-state index is 0.114. The van der Waals surface area contributed by atoms with Crippen molar-refractivity contribution in [3.8, 4) is 0 Å². The number of halogens is 1. The first-order valence-electron chi connectivity index (χ1n) is 8.13. The molecular weight excluding hydrogens is 311 g/mol. The number of rotatable bonds is 2. The van der Waals surface area contributed by atoms with Gasteiger partial charge in [0.15, 0.2) is 0 Å². The van der Waals surface area contributed by atoms with Gasteiger partial charge in [-0.15, -0.1) is 0 Å². The Morgan fingerprint density at radius 2 is 1.67 bits per heavy atom. The van der Waals surface area contributed by atoms with Crippen LogP contribution in [0.3, 0.4) is 0 Å². The van der Waals surface area contributed by atoms with Crippen molar-refractivity contribution in [2.75, 3.05) is 13.1 Å². The van der Waals surface area contributed by atoms with Gasteiger partial charge >= 0.3 is 0 Å². The van der Waals surface area contributed by atoms with E-state index in [1.807, 2.05) is 12.2 Å². The topological polar surface area (TPSA) is 57.7 Å². The van der Waals surface area contributed by atoms with Crippen LogP contribution in [0.15, 0.2) is 36.4 Å². The van der Waals surface area contributed by atoms with E-state index in [0.717, 1.165) is 0 Å². The van der Waals surface area contributed by atoms with Crippen LogP contribution >= 0.6 is 0 Å². The van der Waals surface area contributed by atoms with Crippen LogP contribution in [0, 0.1) is 17.7 Å². The highest BCUT2D eigenvalue weighted by molar-refractivity contribution is 6.06. The lowest BCUT2D eigenvalue weighted by Crippen LogP contribution is -2.62. The van der Waals surface area contributed by atoms with Crippen LogP contribution in [0.1, 0.15) is 23.2 Å². The summed E-state index contributed by atoms with van der Waals surface area (Å²) < 4.78 is 13.2. The van der Waals surface area contributed by atoms with Gasteiger partial charge in [0, 0.05) is 18.7 Å². The molecule has 1 aromatic carbocycles. The molecule has 2 aliphatic heterocycles. The summed E-state index contributed by atoms with van der Waals surface area (Å²) in [6.45, 7) is 0.638. The smallest absolute Gasteiger partial charge is 0.254 e. The zero-order valence-corrected chi connectivity index (χ0v) is 13.0. The van der Waals surface area contributed by atoms with Crippen molar-refractivity contribution in [3.63, 3.8) is 0 Å². The molecule has 2 heterocycles. The lowest BCUT2D eigenvalue weighted by Gasteiger charge is -2.43. The highest BCUT2D eigenvalue weighted by Crippen LogP contribution is 2.37. The number of imide groups is 1. The van der Waals surface area contributed by atoms with Gasteiger partial charge in [0.2, 0.25) is 11.8 Å². The first-order chi connectivity index (χ1) is 11.6. The van der Waals surface area contributed by atoms with Crippen molar-refractivity contribution in [1.29, 1.82) is 0 Å². The van der Waals surface area contributed by atoms with Crippen LogP contribution in [0.25, 0.3) is 0 Å². The lowest BCUT2D eigenvalue weighted by molar-refractivity contribution is -0.145. The van der Waals surface area contributed by atoms with Crippen molar-refractivity contribution in [1.82, 2.24) is 9.80 Å². The van der Waals surface area contributed by atoms with E-state index in [1.165, 1.54) is 23.1 Å². The van der Waals surface area contributed by atoms with Gasteiger partial charge in [-0.1, -0.05) is 18.2 Å². The third kappa shape index (κ3) is 2.25. The molecule has 0 spiro atoms. The monoisotopic (exact) mass is 328 g/mol. The number of amides is 3. The Balaban J connectivity index is 1.43. The van der Waals surface area contributed by atoms with Crippen LogP contribution in [-0.2, 0) is 9.59 Å². The summed E-state index contributed by atoms with van der Waals surface area (Å²) in [5.41, 5.74) is 0.283. The average molecular weight is 328 g/mol. The van der Waals surface area contributed by atoms with Crippen LogP contribution in [0.5, 0.6) is 0 Å². The molecule has 2 fully saturated rings. The fourth-order valence-corrected chi connectivity index (χ4v) is 3.77. The number of likely N-dealkylation sites (tertiary alicyclic amines) is 2. The van der Waals surface area contributed by atoms with Gasteiger partial charge in [-0.3, -0.25) is 19.3 Å². The number of carbonyl (C=O) groups is 3. The molecule has 1 aliphatic carbocycles. The first kappa shape index (κ1) is 15.1. The third-order valence-corrected chi connectivity index (χ3v) is 5.13. The zero-order valence-electron chi connectivity index (χ0n) is 13.0. The minimum atomic E-state index is -0.459. The van der Waals surface area contributed by atoms with E-state index in [0.29, 0.717) is 25.9 Å². The largest absolute Gasteiger partial charge is 0.334 e. The molecule has 2 atom stereocenters. The average Bonchev–Trinajstić information content (AvgIpc) is 2.79. The first-order valence-corrected chi connectivity index (χ1v) is 8.13. The number of fused-ring (bicyclic) bond motifs is 1. The number of hydrogen-bond acceptors (Lipinski definition) is 3. The van der Waals surface area contributed by atoms with Crippen molar-refractivity contribution in [2.45, 2.75) is 18.9 Å². The molecule has 3 aliphatic rings. The highest BCUT2D eigenvalue weighted by Gasteiger charge is 2.52. The molecule has 2 unspecified atom stereocenters. The van der Waals surface area contributed by atoms with E-state index in [9.17, 15) is 18.8 Å². The predicted molar refractivity (Wildman–Crippen MR) is 83.3 cm³/mol. The summed E-state index contributed by atoms with van der Waals surface area (Å²) in [5, 5.41) is 0. The molecule has 6 heteroatoms. The molecule has 0 saturated carbocycles. The molecule has 5 nitrogen and oxygen atoms in total. The molecule has 124 valence electrons. The van der Waals surface area contributed by atoms with E-state index >= 15 is 0 Å². The number of allylic oxidation sites excluding steroid dienone is 2. The van der Waals surface area contributed by atoms with E-state index in [1.54, 1.807) is 11.0 Å². The normalized spacial score (nSPS) is 26.5. The lowest BCUT2D eigenvalue weighted by atomic mass is 9.85. The van der Waals surface area contributed by atoms with Gasteiger partial charge in [0.05, 0.1) is 17.9 Å². The van der Waals surface area contributed by atoms with Gasteiger partial charge in [-0.2, -0.15) is 0 Å². The summed E-state index contributed by atoms with van der Waals surface area (Å²) in [6.07, 6.45) is 5.14. The van der Waals surface area contributed by atoms with Crippen molar-refractivity contribution < 1.29 is 18.8 Å². The molecule has 1 aromatic rings. The van der Waals surface area contributed by atoms with Crippen LogP contribution in [0.4, 0.5) is 4.39 Å². The van der Waals surface area contributed by atoms with Gasteiger partial charge in [0.25, 0.3) is 5.91 Å². The van der Waals surface area contributed by atoms with E-state index in [-0.39, 0.29) is 41.2 Å². The van der Waals surface area contributed by atoms with Crippen molar-refractivity contribution in [2.24, 2.45) is 11.8 Å². The number of carbonyl (C=O) groups excluding carboxylic acids is 3. The summed E-state index contributed by atoms with van der Waals surface area (Å²) in [7, 11) is 0. The molecule has 24 heavy (non-hydrogen) atoms. The summed E-state index contributed by atoms with van der Waals surface area (Å²) in [4.78, 5) is 40.2. The number of nitrogens with zero attached hydrogens (tertiary/aromatic N) is 2. The Labute approximate surface area is 138 Å². The SMILES string of the molecule is O=C(c1cccc(F)c1)N1CC(N2C(=O)C3CC=CCC3C2=O)C1. The molecular formula is C18H17FN2O3. The predicted octanol–water partition coefficient (Wildman–Crippen LogP) is 1.60. The minimum Gasteiger partial charge on any atom is -0.334 e. The molecule has 0 radical (unpaired) electrons. The Kier molecular flexibility index (Phi) is 3.48. The standard InChI is InChI=1S/C18H17FN2O3/c19-12-5-3-4-11(8-12)16(22)20-9-13(10-20)21-17(23)14-6-1-2-7-15(14)18(21)24/h1-5,8,13-15H,6-7,9-10H2. The third-order valence-electron chi connectivity index (χ3n) is 5.13. The second kappa shape index (κ2) is 5.54. The summed E-state index contributed by atoms with van der Waals surface area (Å²) >= 11 is 0. The quantitative estimate of drug-likeness (QED) is 0.612. The maximum atomic E-state index is 13.2. The molecule has 4 rings (SSSR count). The number of benzene rings is 1. The maximum absolute atomic E-state index is 13.2. The molecule has 0 N–H and O–H groups in total. The van der Waals surface area contributed by atoms with E-state index < -0.39 is 5.82 Å². The Morgan fingerprint density at radius 3 is 2.25 bits per heavy atom. The molecule has 2 saturated heterocycles.